The lowest BCUT2D eigenvalue weighted by Crippen LogP contribution is -2.32. The fraction of sp³-hybridized carbons (Fsp3) is 0.208. The normalized spacial score (nSPS) is 14.4. The van der Waals surface area contributed by atoms with Crippen molar-refractivity contribution in [3.8, 4) is 0 Å². The Morgan fingerprint density at radius 1 is 1.16 bits per heavy atom. The van der Waals surface area contributed by atoms with Crippen LogP contribution in [0.3, 0.4) is 0 Å². The minimum atomic E-state index is -0.323. The Morgan fingerprint density at radius 2 is 1.94 bits per heavy atom. The highest BCUT2D eigenvalue weighted by atomic mass is 19.1. The van der Waals surface area contributed by atoms with Crippen LogP contribution in [0.1, 0.15) is 41.8 Å². The molecule has 0 radical (unpaired) electrons. The van der Waals surface area contributed by atoms with Crippen LogP contribution in [0, 0.1) is 5.82 Å². The van der Waals surface area contributed by atoms with Crippen molar-refractivity contribution in [1.29, 1.82) is 0 Å². The number of aromatic nitrogens is 1. The highest BCUT2D eigenvalue weighted by molar-refractivity contribution is 6.08. The summed E-state index contributed by atoms with van der Waals surface area (Å²) in [5, 5.41) is 8.89. The molecule has 1 aromatic heterocycles. The van der Waals surface area contributed by atoms with E-state index >= 15 is 0 Å². The van der Waals surface area contributed by atoms with Crippen LogP contribution in [-0.2, 0) is 16.8 Å². The number of rotatable bonds is 5. The number of carbonyl (C=O) groups excluding carboxylic acids is 2. The summed E-state index contributed by atoms with van der Waals surface area (Å²) in [5.41, 5.74) is 3.31. The molecule has 6 nitrogen and oxygen atoms in total. The number of fused-ring (bicyclic) bond motifs is 1. The zero-order valence-electron chi connectivity index (χ0n) is 17.3. The van der Waals surface area contributed by atoms with Gasteiger partial charge in [0, 0.05) is 36.0 Å². The van der Waals surface area contributed by atoms with Gasteiger partial charge in [0.05, 0.1) is 5.56 Å². The van der Waals surface area contributed by atoms with Crippen molar-refractivity contribution in [1.82, 2.24) is 4.98 Å². The van der Waals surface area contributed by atoms with E-state index in [0.717, 1.165) is 11.1 Å². The van der Waals surface area contributed by atoms with E-state index in [-0.39, 0.29) is 23.0 Å². The Kier molecular flexibility index (Phi) is 5.42. The summed E-state index contributed by atoms with van der Waals surface area (Å²) in [7, 11) is 0. The van der Waals surface area contributed by atoms with Gasteiger partial charge in [-0.05, 0) is 47.5 Å². The molecule has 3 aromatic rings. The number of hydrogen-bond donors (Lipinski definition) is 3. The minimum absolute atomic E-state index is 0.0412. The highest BCUT2D eigenvalue weighted by Gasteiger charge is 2.31. The summed E-state index contributed by atoms with van der Waals surface area (Å²) in [4.78, 5) is 29.2. The lowest BCUT2D eigenvalue weighted by Gasteiger charge is -2.32. The van der Waals surface area contributed by atoms with Crippen LogP contribution in [0.4, 0.5) is 21.6 Å². The van der Waals surface area contributed by atoms with Crippen molar-refractivity contribution in [2.24, 2.45) is 0 Å². The first-order valence-electron chi connectivity index (χ1n) is 10.0. The molecule has 0 fully saturated rings. The Balaban J connectivity index is 1.51. The number of benzene rings is 2. The zero-order valence-corrected chi connectivity index (χ0v) is 17.3. The van der Waals surface area contributed by atoms with Gasteiger partial charge in [0.2, 0.25) is 5.91 Å². The van der Waals surface area contributed by atoms with E-state index in [1.807, 2.05) is 26.0 Å². The molecule has 0 spiro atoms. The number of nitrogens with one attached hydrogen (secondary N) is 3. The van der Waals surface area contributed by atoms with Crippen LogP contribution in [0.5, 0.6) is 0 Å². The fourth-order valence-electron chi connectivity index (χ4n) is 3.72. The van der Waals surface area contributed by atoms with Crippen molar-refractivity contribution in [3.63, 3.8) is 0 Å². The first-order chi connectivity index (χ1) is 14.8. The van der Waals surface area contributed by atoms with E-state index < -0.39 is 0 Å². The first-order valence-corrected chi connectivity index (χ1v) is 10.0. The van der Waals surface area contributed by atoms with E-state index in [2.05, 4.69) is 20.9 Å². The lowest BCUT2D eigenvalue weighted by molar-refractivity contribution is -0.117. The van der Waals surface area contributed by atoms with Crippen molar-refractivity contribution >= 4 is 29.0 Å². The number of hydrogen-bond acceptors (Lipinski definition) is 4. The zero-order chi connectivity index (χ0) is 22.0. The van der Waals surface area contributed by atoms with Crippen LogP contribution >= 0.6 is 0 Å². The van der Waals surface area contributed by atoms with E-state index in [1.54, 1.807) is 36.5 Å². The monoisotopic (exact) mass is 418 g/mol. The van der Waals surface area contributed by atoms with Crippen LogP contribution in [0.25, 0.3) is 0 Å². The molecular formula is C24H23FN4O2. The maximum atomic E-state index is 13.1. The van der Waals surface area contributed by atoms with Crippen LogP contribution < -0.4 is 16.0 Å². The second-order valence-electron chi connectivity index (χ2n) is 8.20. The molecule has 0 saturated heterocycles. The van der Waals surface area contributed by atoms with Gasteiger partial charge in [0.1, 0.15) is 11.6 Å². The standard InChI is InChI=1S/C24H23FN4O2/c1-24(2)13-21(30)29-20-12-17(9-10-19(20)24)28-23(31)18-4-3-11-26-22(18)27-14-15-5-7-16(25)8-6-15/h3-12H,13-14H2,1-2H3,(H,26,27)(H,28,31)(H,29,30). The third kappa shape index (κ3) is 4.55. The molecule has 158 valence electrons. The van der Waals surface area contributed by atoms with Crippen LogP contribution in [0.2, 0.25) is 0 Å². The predicted octanol–water partition coefficient (Wildman–Crippen LogP) is 4.70. The van der Waals surface area contributed by atoms with Crippen LogP contribution in [-0.4, -0.2) is 16.8 Å². The maximum Gasteiger partial charge on any atom is 0.259 e. The third-order valence-electron chi connectivity index (χ3n) is 5.31. The molecule has 3 N–H and O–H groups in total. The quantitative estimate of drug-likeness (QED) is 0.561. The molecule has 7 heteroatoms. The SMILES string of the molecule is CC1(C)CC(=O)Nc2cc(NC(=O)c3cccnc3NCc3ccc(F)cc3)ccc21. The van der Waals surface area contributed by atoms with Gasteiger partial charge in [0.15, 0.2) is 0 Å². The number of carbonyl (C=O) groups is 2. The Bertz CT molecular complexity index is 1140. The minimum Gasteiger partial charge on any atom is -0.365 e. The Hall–Kier alpha value is -3.74. The smallest absolute Gasteiger partial charge is 0.259 e. The van der Waals surface area contributed by atoms with E-state index in [9.17, 15) is 14.0 Å². The molecule has 0 unspecified atom stereocenters. The molecular weight excluding hydrogens is 395 g/mol. The summed E-state index contributed by atoms with van der Waals surface area (Å²) in [6, 6.07) is 15.0. The second kappa shape index (κ2) is 8.18. The molecule has 1 aliphatic heterocycles. The van der Waals surface area contributed by atoms with E-state index in [4.69, 9.17) is 0 Å². The van der Waals surface area contributed by atoms with Crippen molar-refractivity contribution < 1.29 is 14.0 Å². The predicted molar refractivity (Wildman–Crippen MR) is 119 cm³/mol. The van der Waals surface area contributed by atoms with E-state index in [0.29, 0.717) is 35.7 Å². The van der Waals surface area contributed by atoms with E-state index in [1.165, 1.54) is 12.1 Å². The molecule has 1 aliphatic rings. The summed E-state index contributed by atoms with van der Waals surface area (Å²) in [6.07, 6.45) is 2.02. The topological polar surface area (TPSA) is 83.1 Å². The Labute approximate surface area is 179 Å². The summed E-state index contributed by atoms with van der Waals surface area (Å²) in [5.74, 6) is -0.237. The molecule has 0 saturated carbocycles. The maximum absolute atomic E-state index is 13.1. The fourth-order valence-corrected chi connectivity index (χ4v) is 3.72. The second-order valence-corrected chi connectivity index (χ2v) is 8.20. The molecule has 2 heterocycles. The van der Waals surface area contributed by atoms with Gasteiger partial charge < -0.3 is 16.0 Å². The van der Waals surface area contributed by atoms with Crippen LogP contribution in [0.15, 0.2) is 60.8 Å². The molecule has 4 rings (SSSR count). The van der Waals surface area contributed by atoms with Gasteiger partial charge in [-0.3, -0.25) is 9.59 Å². The molecule has 0 atom stereocenters. The average molecular weight is 418 g/mol. The number of nitrogens with zero attached hydrogens (tertiary/aromatic N) is 1. The van der Waals surface area contributed by atoms with Gasteiger partial charge in [-0.15, -0.1) is 0 Å². The third-order valence-corrected chi connectivity index (χ3v) is 5.31. The van der Waals surface area contributed by atoms with Gasteiger partial charge in [-0.1, -0.05) is 32.0 Å². The number of anilines is 3. The van der Waals surface area contributed by atoms with Gasteiger partial charge in [0.25, 0.3) is 5.91 Å². The van der Waals surface area contributed by atoms with Crippen molar-refractivity contribution in [2.45, 2.75) is 32.2 Å². The summed E-state index contributed by atoms with van der Waals surface area (Å²) < 4.78 is 13.1. The molecule has 0 aliphatic carbocycles. The lowest BCUT2D eigenvalue weighted by atomic mass is 9.78. The average Bonchev–Trinajstić information content (AvgIpc) is 2.72. The number of halogens is 1. The van der Waals surface area contributed by atoms with Gasteiger partial charge in [-0.25, -0.2) is 9.37 Å². The van der Waals surface area contributed by atoms with Gasteiger partial charge in [-0.2, -0.15) is 0 Å². The summed E-state index contributed by atoms with van der Waals surface area (Å²) in [6.45, 7) is 4.45. The molecule has 2 amide bonds. The number of pyridine rings is 1. The van der Waals surface area contributed by atoms with Crippen molar-refractivity contribution in [3.05, 3.63) is 83.3 Å². The summed E-state index contributed by atoms with van der Waals surface area (Å²) >= 11 is 0. The molecule has 2 aromatic carbocycles. The van der Waals surface area contributed by atoms with Crippen molar-refractivity contribution in [2.75, 3.05) is 16.0 Å². The Morgan fingerprint density at radius 3 is 2.71 bits per heavy atom. The molecule has 31 heavy (non-hydrogen) atoms. The first kappa shape index (κ1) is 20.5. The highest BCUT2D eigenvalue weighted by Crippen LogP contribution is 2.38. The molecule has 0 bridgehead atoms. The van der Waals surface area contributed by atoms with Gasteiger partial charge >= 0.3 is 0 Å². The largest absolute Gasteiger partial charge is 0.365 e. The number of amides is 2.